The van der Waals surface area contributed by atoms with E-state index in [4.69, 9.17) is 28.3 Å². The maximum atomic E-state index is 6.16. The van der Waals surface area contributed by atoms with Crippen LogP contribution in [0.15, 0.2) is 24.3 Å². The van der Waals surface area contributed by atoms with Crippen LogP contribution in [0.5, 0.6) is 11.5 Å². The summed E-state index contributed by atoms with van der Waals surface area (Å²) in [5, 5.41) is 0. The van der Waals surface area contributed by atoms with Crippen molar-refractivity contribution < 1.29 is 28.3 Å². The lowest BCUT2D eigenvalue weighted by atomic mass is 9.79. The van der Waals surface area contributed by atoms with Gasteiger partial charge in [-0.2, -0.15) is 0 Å². The molecule has 7 heteroatoms. The van der Waals surface area contributed by atoms with Crippen molar-refractivity contribution >= 4 is 7.12 Å². The van der Waals surface area contributed by atoms with Crippen molar-refractivity contribution in [2.45, 2.75) is 56.0 Å². The molecule has 0 aromatic heterocycles. The molecule has 4 aliphatic rings. The van der Waals surface area contributed by atoms with E-state index in [0.29, 0.717) is 0 Å². The number of fused-ring (bicyclic) bond motifs is 3. The number of benzene rings is 1. The van der Waals surface area contributed by atoms with Crippen molar-refractivity contribution in [3.05, 3.63) is 24.3 Å². The van der Waals surface area contributed by atoms with Crippen LogP contribution in [-0.4, -0.2) is 44.1 Å². The van der Waals surface area contributed by atoms with Crippen molar-refractivity contribution in [3.63, 3.8) is 0 Å². The molecule has 5 atom stereocenters. The highest BCUT2D eigenvalue weighted by atomic mass is 16.8. The van der Waals surface area contributed by atoms with Crippen molar-refractivity contribution in [2.24, 2.45) is 0 Å². The first-order valence-electron chi connectivity index (χ1n) is 8.01. The lowest BCUT2D eigenvalue weighted by Crippen LogP contribution is -2.37. The van der Waals surface area contributed by atoms with Crippen LogP contribution in [-0.2, 0) is 18.9 Å². The molecule has 2 saturated heterocycles. The summed E-state index contributed by atoms with van der Waals surface area (Å²) in [4.78, 5) is 0. The van der Waals surface area contributed by atoms with Crippen LogP contribution in [0.3, 0.4) is 0 Å². The minimum absolute atomic E-state index is 0.0973. The predicted molar refractivity (Wildman–Crippen MR) is 80.3 cm³/mol. The van der Waals surface area contributed by atoms with Gasteiger partial charge in [0, 0.05) is 7.11 Å². The number of hydrogen-bond acceptors (Lipinski definition) is 6. The van der Waals surface area contributed by atoms with Crippen LogP contribution in [0, 0.1) is 0 Å². The van der Waals surface area contributed by atoms with Crippen LogP contribution < -0.4 is 9.31 Å². The van der Waals surface area contributed by atoms with Crippen LogP contribution in [0.25, 0.3) is 0 Å². The summed E-state index contributed by atoms with van der Waals surface area (Å²) in [7, 11) is 1.28. The molecule has 1 aromatic rings. The van der Waals surface area contributed by atoms with E-state index >= 15 is 0 Å². The van der Waals surface area contributed by atoms with Gasteiger partial charge in [-0.1, -0.05) is 12.1 Å². The average Bonchev–Trinajstić information content (AvgIpc) is 2.80. The Morgan fingerprint density at radius 3 is 2.43 bits per heavy atom. The molecule has 3 heterocycles. The zero-order chi connectivity index (χ0) is 15.8. The highest BCUT2D eigenvalue weighted by Crippen LogP contribution is 2.65. The van der Waals surface area contributed by atoms with E-state index in [1.54, 1.807) is 7.11 Å². The minimum Gasteiger partial charge on any atom is -0.523 e. The van der Waals surface area contributed by atoms with Gasteiger partial charge in [-0.05, 0) is 32.4 Å². The Morgan fingerprint density at radius 2 is 1.78 bits per heavy atom. The lowest BCUT2D eigenvalue weighted by molar-refractivity contribution is -0.232. The lowest BCUT2D eigenvalue weighted by Gasteiger charge is -2.24. The van der Waals surface area contributed by atoms with Crippen molar-refractivity contribution in [1.82, 2.24) is 0 Å². The molecule has 5 rings (SSSR count). The SMILES string of the molecule is CO[C@@H]1O[C@]2(CC2B2Oc3ccccc3O2)C2OC(C)(C)O[C@@H]21. The van der Waals surface area contributed by atoms with Crippen LogP contribution in [0.1, 0.15) is 20.3 Å². The number of para-hydroxylation sites is 2. The van der Waals surface area contributed by atoms with Gasteiger partial charge in [0.2, 0.25) is 0 Å². The summed E-state index contributed by atoms with van der Waals surface area (Å²) in [6.07, 6.45) is 0.00857. The molecule has 0 radical (unpaired) electrons. The fourth-order valence-electron chi connectivity index (χ4n) is 4.06. The van der Waals surface area contributed by atoms with E-state index in [-0.39, 0.29) is 25.1 Å². The van der Waals surface area contributed by atoms with Gasteiger partial charge in [-0.15, -0.1) is 0 Å². The molecule has 122 valence electrons. The Labute approximate surface area is 135 Å². The molecule has 2 unspecified atom stereocenters. The molecule has 1 saturated carbocycles. The minimum atomic E-state index is -0.629. The first-order valence-corrected chi connectivity index (χ1v) is 8.01. The van der Waals surface area contributed by atoms with Crippen LogP contribution in [0.2, 0.25) is 5.82 Å². The maximum absolute atomic E-state index is 6.16. The summed E-state index contributed by atoms with van der Waals surface area (Å²) in [5.74, 6) is 1.03. The van der Waals surface area contributed by atoms with E-state index in [2.05, 4.69) is 0 Å². The van der Waals surface area contributed by atoms with E-state index in [1.165, 1.54) is 0 Å². The zero-order valence-corrected chi connectivity index (χ0v) is 13.4. The molecule has 6 nitrogen and oxygen atoms in total. The van der Waals surface area contributed by atoms with Gasteiger partial charge in [0.25, 0.3) is 0 Å². The Bertz CT molecular complexity index is 626. The van der Waals surface area contributed by atoms with Gasteiger partial charge in [0.15, 0.2) is 12.1 Å². The van der Waals surface area contributed by atoms with Crippen LogP contribution >= 0.6 is 0 Å². The second-order valence-electron chi connectivity index (χ2n) is 7.06. The molecule has 3 aliphatic heterocycles. The second kappa shape index (κ2) is 4.42. The second-order valence-corrected chi connectivity index (χ2v) is 7.06. The van der Waals surface area contributed by atoms with E-state index in [9.17, 15) is 0 Å². The molecular weight excluding hydrogens is 299 g/mol. The van der Waals surface area contributed by atoms with Crippen molar-refractivity contribution in [2.75, 3.05) is 7.11 Å². The summed E-state index contributed by atoms with van der Waals surface area (Å²) in [6, 6.07) is 7.71. The zero-order valence-electron chi connectivity index (χ0n) is 13.4. The van der Waals surface area contributed by atoms with Gasteiger partial charge in [-0.25, -0.2) is 0 Å². The average molecular weight is 318 g/mol. The van der Waals surface area contributed by atoms with Crippen molar-refractivity contribution in [3.8, 4) is 11.5 Å². The Balaban J connectivity index is 1.39. The van der Waals surface area contributed by atoms with Gasteiger partial charge >= 0.3 is 7.12 Å². The monoisotopic (exact) mass is 318 g/mol. The quantitative estimate of drug-likeness (QED) is 0.777. The fraction of sp³-hybridized carbons (Fsp3) is 0.625. The summed E-state index contributed by atoms with van der Waals surface area (Å²) < 4.78 is 35.6. The first-order chi connectivity index (χ1) is 11.0. The van der Waals surface area contributed by atoms with Crippen LogP contribution in [0.4, 0.5) is 0 Å². The summed E-state index contributed by atoms with van der Waals surface area (Å²) in [5.41, 5.74) is -0.453. The van der Waals surface area contributed by atoms with Gasteiger partial charge in [-0.3, -0.25) is 0 Å². The molecular formula is C16H19BO6. The predicted octanol–water partition coefficient (Wildman–Crippen LogP) is 1.98. The summed E-state index contributed by atoms with van der Waals surface area (Å²) in [6.45, 7) is 3.84. The normalized spacial score (nSPS) is 42.3. The third-order valence-electron chi connectivity index (χ3n) is 5.12. The number of methoxy groups -OCH3 is 1. The number of hydrogen-bond donors (Lipinski definition) is 0. The number of rotatable bonds is 2. The molecule has 0 amide bonds. The molecule has 23 heavy (non-hydrogen) atoms. The Kier molecular flexibility index (Phi) is 2.71. The standard InChI is InChI=1S/C16H19BO6/c1-15(2)19-12-13(20-15)16(21-14(12)18-3)8-11(16)17-22-9-6-4-5-7-10(9)23-17/h4-7,11-14H,8H2,1-3H3/t11?,12-,13?,14+,16-/m0/s1. The highest BCUT2D eigenvalue weighted by molar-refractivity contribution is 6.51. The molecule has 1 aromatic carbocycles. The van der Waals surface area contributed by atoms with Gasteiger partial charge < -0.3 is 28.3 Å². The van der Waals surface area contributed by atoms with E-state index < -0.39 is 17.7 Å². The Hall–Kier alpha value is -1.28. The molecule has 0 bridgehead atoms. The largest absolute Gasteiger partial charge is 0.601 e. The topological polar surface area (TPSA) is 55.4 Å². The number of ether oxygens (including phenoxy) is 4. The van der Waals surface area contributed by atoms with Gasteiger partial charge in [0.1, 0.15) is 29.3 Å². The smallest absolute Gasteiger partial charge is 0.523 e. The first kappa shape index (κ1) is 14.1. The third kappa shape index (κ3) is 1.91. The Morgan fingerprint density at radius 1 is 1.09 bits per heavy atom. The molecule has 1 aliphatic carbocycles. The fourth-order valence-corrected chi connectivity index (χ4v) is 4.06. The summed E-state index contributed by atoms with van der Waals surface area (Å²) >= 11 is 0. The third-order valence-corrected chi connectivity index (χ3v) is 5.12. The highest BCUT2D eigenvalue weighted by Gasteiger charge is 2.78. The molecule has 1 spiro atoms. The van der Waals surface area contributed by atoms with E-state index in [0.717, 1.165) is 17.9 Å². The maximum Gasteiger partial charge on any atom is 0.601 e. The van der Waals surface area contributed by atoms with Crippen molar-refractivity contribution in [1.29, 1.82) is 0 Å². The molecule has 3 fully saturated rings. The van der Waals surface area contributed by atoms with Gasteiger partial charge in [0.05, 0.1) is 5.82 Å². The van der Waals surface area contributed by atoms with E-state index in [1.807, 2.05) is 38.1 Å². The molecule has 0 N–H and O–H groups in total.